The highest BCUT2D eigenvalue weighted by molar-refractivity contribution is 7.90. The number of ether oxygens (including phenoxy) is 1. The third-order valence-corrected chi connectivity index (χ3v) is 5.31. The summed E-state index contributed by atoms with van der Waals surface area (Å²) in [6.07, 6.45) is 3.61. The standard InChI is InChI=1S/C15H23N3O4S/c1-9-8-12-13(10(2)22-9)16-17-14(12)15(19)18(11-4-5-11)6-7-23(3,20)21/h9-11H,4-8H2,1-3H3,(H,16,17)/t9-,10+/m1/s1. The van der Waals surface area contributed by atoms with Crippen molar-refractivity contribution in [3.05, 3.63) is 17.0 Å². The molecule has 1 aliphatic carbocycles. The van der Waals surface area contributed by atoms with E-state index in [2.05, 4.69) is 10.2 Å². The summed E-state index contributed by atoms with van der Waals surface area (Å²) in [7, 11) is -3.10. The summed E-state index contributed by atoms with van der Waals surface area (Å²) in [4.78, 5) is 14.6. The monoisotopic (exact) mass is 341 g/mol. The van der Waals surface area contributed by atoms with E-state index in [0.717, 1.165) is 24.1 Å². The molecule has 0 aromatic carbocycles. The van der Waals surface area contributed by atoms with Gasteiger partial charge in [0.25, 0.3) is 5.91 Å². The maximum absolute atomic E-state index is 12.9. The summed E-state index contributed by atoms with van der Waals surface area (Å²) in [5.74, 6) is -0.187. The molecule has 1 aliphatic heterocycles. The lowest BCUT2D eigenvalue weighted by Crippen LogP contribution is -2.38. The minimum Gasteiger partial charge on any atom is -0.369 e. The lowest BCUT2D eigenvalue weighted by atomic mass is 9.99. The van der Waals surface area contributed by atoms with E-state index in [9.17, 15) is 13.2 Å². The molecule has 7 nitrogen and oxygen atoms in total. The van der Waals surface area contributed by atoms with Crippen molar-refractivity contribution < 1.29 is 17.9 Å². The first kappa shape index (κ1) is 16.4. The van der Waals surface area contributed by atoms with Crippen LogP contribution in [0.15, 0.2) is 0 Å². The quantitative estimate of drug-likeness (QED) is 0.865. The van der Waals surface area contributed by atoms with Gasteiger partial charge >= 0.3 is 0 Å². The van der Waals surface area contributed by atoms with Gasteiger partial charge in [-0.25, -0.2) is 8.42 Å². The molecule has 2 atom stereocenters. The number of amides is 1. The number of rotatable bonds is 5. The number of nitrogens with one attached hydrogen (secondary N) is 1. The van der Waals surface area contributed by atoms with Crippen molar-refractivity contribution in [3.8, 4) is 0 Å². The zero-order valence-corrected chi connectivity index (χ0v) is 14.5. The number of sulfone groups is 1. The van der Waals surface area contributed by atoms with E-state index < -0.39 is 9.84 Å². The highest BCUT2D eigenvalue weighted by Crippen LogP contribution is 2.33. The molecule has 1 aromatic rings. The Balaban J connectivity index is 1.84. The smallest absolute Gasteiger partial charge is 0.274 e. The van der Waals surface area contributed by atoms with Gasteiger partial charge in [0.15, 0.2) is 5.69 Å². The minimum atomic E-state index is -3.10. The van der Waals surface area contributed by atoms with Gasteiger partial charge in [-0.05, 0) is 26.7 Å². The lowest BCUT2D eigenvalue weighted by Gasteiger charge is -2.26. The zero-order valence-electron chi connectivity index (χ0n) is 13.7. The molecule has 23 heavy (non-hydrogen) atoms. The van der Waals surface area contributed by atoms with E-state index in [1.54, 1.807) is 4.90 Å². The minimum absolute atomic E-state index is 0.0161. The van der Waals surface area contributed by atoms with Crippen LogP contribution in [0, 0.1) is 0 Å². The van der Waals surface area contributed by atoms with Crippen LogP contribution < -0.4 is 0 Å². The highest BCUT2D eigenvalue weighted by Gasteiger charge is 2.37. The Bertz CT molecular complexity index is 708. The fraction of sp³-hybridized carbons (Fsp3) is 0.733. The fourth-order valence-electron chi connectivity index (χ4n) is 3.09. The van der Waals surface area contributed by atoms with E-state index >= 15 is 0 Å². The first-order chi connectivity index (χ1) is 10.8. The number of carbonyl (C=O) groups is 1. The molecule has 1 aromatic heterocycles. The van der Waals surface area contributed by atoms with Crippen LogP contribution in [0.1, 0.15) is 54.5 Å². The van der Waals surface area contributed by atoms with Crippen LogP contribution in [0.2, 0.25) is 0 Å². The molecule has 0 bridgehead atoms. The second-order valence-corrected chi connectivity index (χ2v) is 8.88. The molecule has 0 radical (unpaired) electrons. The van der Waals surface area contributed by atoms with E-state index in [1.807, 2.05) is 13.8 Å². The molecule has 2 heterocycles. The number of aromatic amines is 1. The molecule has 1 N–H and O–H groups in total. The average Bonchev–Trinajstić information content (AvgIpc) is 3.16. The van der Waals surface area contributed by atoms with E-state index in [4.69, 9.17) is 4.74 Å². The first-order valence-electron chi connectivity index (χ1n) is 7.97. The Morgan fingerprint density at radius 1 is 1.39 bits per heavy atom. The Labute approximate surface area is 136 Å². The Kier molecular flexibility index (Phi) is 4.22. The topological polar surface area (TPSA) is 92.4 Å². The molecule has 1 saturated carbocycles. The molecule has 8 heteroatoms. The van der Waals surface area contributed by atoms with Gasteiger partial charge in [0.2, 0.25) is 0 Å². The third kappa shape index (κ3) is 3.58. The van der Waals surface area contributed by atoms with Crippen LogP contribution in [0.3, 0.4) is 0 Å². The number of carbonyl (C=O) groups excluding carboxylic acids is 1. The maximum Gasteiger partial charge on any atom is 0.274 e. The lowest BCUT2D eigenvalue weighted by molar-refractivity contribution is -0.00702. The van der Waals surface area contributed by atoms with Crippen molar-refractivity contribution in [2.24, 2.45) is 0 Å². The second-order valence-electron chi connectivity index (χ2n) is 6.62. The SMILES string of the molecule is C[C@@H]1Cc2c(C(=O)N(CCS(C)(=O)=O)C3CC3)n[nH]c2[C@H](C)O1. The summed E-state index contributed by atoms with van der Waals surface area (Å²) < 4.78 is 28.6. The highest BCUT2D eigenvalue weighted by atomic mass is 32.2. The second kappa shape index (κ2) is 5.90. The molecule has 0 spiro atoms. The van der Waals surface area contributed by atoms with Gasteiger partial charge in [0.1, 0.15) is 9.84 Å². The molecule has 0 unspecified atom stereocenters. The van der Waals surface area contributed by atoms with E-state index in [0.29, 0.717) is 12.1 Å². The zero-order chi connectivity index (χ0) is 16.8. The average molecular weight is 341 g/mol. The molecule has 0 saturated heterocycles. The van der Waals surface area contributed by atoms with Crippen molar-refractivity contribution in [1.82, 2.24) is 15.1 Å². The van der Waals surface area contributed by atoms with Crippen LogP contribution in [-0.2, 0) is 21.0 Å². The third-order valence-electron chi connectivity index (χ3n) is 4.39. The van der Waals surface area contributed by atoms with Gasteiger partial charge in [0, 0.05) is 30.8 Å². The Morgan fingerprint density at radius 3 is 2.70 bits per heavy atom. The molecule has 1 amide bonds. The van der Waals surface area contributed by atoms with Crippen LogP contribution in [-0.4, -0.2) is 60.1 Å². The molecular formula is C15H23N3O4S. The van der Waals surface area contributed by atoms with Crippen molar-refractivity contribution in [2.45, 2.75) is 51.4 Å². The van der Waals surface area contributed by atoms with Gasteiger partial charge in [0.05, 0.1) is 23.7 Å². The fourth-order valence-corrected chi connectivity index (χ4v) is 3.62. The van der Waals surface area contributed by atoms with Gasteiger partial charge in [-0.3, -0.25) is 9.89 Å². The van der Waals surface area contributed by atoms with Gasteiger partial charge in [-0.2, -0.15) is 5.10 Å². The predicted molar refractivity (Wildman–Crippen MR) is 85.0 cm³/mol. The normalized spacial score (nSPS) is 24.3. The molecule has 1 fully saturated rings. The number of nitrogens with zero attached hydrogens (tertiary/aromatic N) is 2. The van der Waals surface area contributed by atoms with Crippen LogP contribution in [0.25, 0.3) is 0 Å². The number of fused-ring (bicyclic) bond motifs is 1. The maximum atomic E-state index is 12.9. The molecule has 128 valence electrons. The van der Waals surface area contributed by atoms with E-state index in [1.165, 1.54) is 6.26 Å². The Hall–Kier alpha value is -1.41. The summed E-state index contributed by atoms with van der Waals surface area (Å²) in [6.45, 7) is 4.14. The van der Waals surface area contributed by atoms with Crippen LogP contribution >= 0.6 is 0 Å². The van der Waals surface area contributed by atoms with Crippen molar-refractivity contribution >= 4 is 15.7 Å². The number of hydrogen-bond donors (Lipinski definition) is 1. The van der Waals surface area contributed by atoms with Crippen molar-refractivity contribution in [1.29, 1.82) is 0 Å². The largest absolute Gasteiger partial charge is 0.369 e. The number of aromatic nitrogens is 2. The number of H-pyrrole nitrogens is 1. The molecular weight excluding hydrogens is 318 g/mol. The predicted octanol–water partition coefficient (Wildman–Crippen LogP) is 1.08. The van der Waals surface area contributed by atoms with Gasteiger partial charge < -0.3 is 9.64 Å². The van der Waals surface area contributed by atoms with E-state index in [-0.39, 0.29) is 36.5 Å². The summed E-state index contributed by atoms with van der Waals surface area (Å²) in [5.41, 5.74) is 2.18. The summed E-state index contributed by atoms with van der Waals surface area (Å²) in [5, 5.41) is 7.14. The van der Waals surface area contributed by atoms with Crippen molar-refractivity contribution in [2.75, 3.05) is 18.6 Å². The van der Waals surface area contributed by atoms with Gasteiger partial charge in [-0.1, -0.05) is 0 Å². The Morgan fingerprint density at radius 2 is 2.09 bits per heavy atom. The summed E-state index contributed by atoms with van der Waals surface area (Å²) in [6, 6.07) is 0.145. The molecule has 3 rings (SSSR count). The van der Waals surface area contributed by atoms with Gasteiger partial charge in [-0.15, -0.1) is 0 Å². The summed E-state index contributed by atoms with van der Waals surface area (Å²) >= 11 is 0. The number of hydrogen-bond acceptors (Lipinski definition) is 5. The van der Waals surface area contributed by atoms with Crippen LogP contribution in [0.4, 0.5) is 0 Å². The van der Waals surface area contributed by atoms with Crippen LogP contribution in [0.5, 0.6) is 0 Å². The molecule has 2 aliphatic rings. The first-order valence-corrected chi connectivity index (χ1v) is 10.0. The van der Waals surface area contributed by atoms with Crippen molar-refractivity contribution in [3.63, 3.8) is 0 Å².